The fourth-order valence-electron chi connectivity index (χ4n) is 2.36. The molecule has 8 nitrogen and oxygen atoms in total. The van der Waals surface area contributed by atoms with Crippen LogP contribution in [0, 0.1) is 0 Å². The Labute approximate surface area is 160 Å². The monoisotopic (exact) mass is 388 g/mol. The number of esters is 1. The van der Waals surface area contributed by atoms with E-state index in [0.29, 0.717) is 23.0 Å². The molecule has 140 valence electrons. The standard InChI is InChI=1S/C18H16N2O6S/c1-23-15-8-10(7-12-16(21)20-18(27)19-12)3-5-13(15)25-9-11-4-6-14(26-11)17(22)24-2/h3-8H,9H2,1-2H3,(H2,19,20,21,27). The van der Waals surface area contributed by atoms with Crippen molar-refractivity contribution < 1.29 is 28.2 Å². The third-order valence-corrected chi connectivity index (χ3v) is 3.84. The summed E-state index contributed by atoms with van der Waals surface area (Å²) < 4.78 is 21.0. The second-order valence-corrected chi connectivity index (χ2v) is 5.83. The van der Waals surface area contributed by atoms with E-state index >= 15 is 0 Å². The molecule has 1 saturated heterocycles. The van der Waals surface area contributed by atoms with Crippen molar-refractivity contribution in [3.63, 3.8) is 0 Å². The van der Waals surface area contributed by atoms with E-state index in [1.807, 2.05) is 0 Å². The first kappa shape index (κ1) is 18.5. The van der Waals surface area contributed by atoms with Gasteiger partial charge in [0.15, 0.2) is 16.6 Å². The molecule has 1 aromatic carbocycles. The van der Waals surface area contributed by atoms with Crippen LogP contribution in [-0.2, 0) is 16.1 Å². The molecule has 2 heterocycles. The van der Waals surface area contributed by atoms with Gasteiger partial charge in [0.2, 0.25) is 5.76 Å². The zero-order chi connectivity index (χ0) is 19.4. The van der Waals surface area contributed by atoms with Gasteiger partial charge >= 0.3 is 5.97 Å². The second kappa shape index (κ2) is 7.92. The minimum atomic E-state index is -0.555. The Balaban J connectivity index is 1.72. The SMILES string of the molecule is COC(=O)c1ccc(COc2ccc(C=C3NC(=S)NC3=O)cc2OC)o1. The summed E-state index contributed by atoms with van der Waals surface area (Å²) >= 11 is 4.90. The fraction of sp³-hybridized carbons (Fsp3) is 0.167. The van der Waals surface area contributed by atoms with Gasteiger partial charge in [-0.15, -0.1) is 0 Å². The largest absolute Gasteiger partial charge is 0.493 e. The topological polar surface area (TPSA) is 99.0 Å². The molecule has 1 aromatic heterocycles. The van der Waals surface area contributed by atoms with Crippen LogP contribution in [-0.4, -0.2) is 31.2 Å². The number of carbonyl (C=O) groups is 2. The highest BCUT2D eigenvalue weighted by atomic mass is 32.1. The third kappa shape index (κ3) is 4.26. The molecule has 0 spiro atoms. The summed E-state index contributed by atoms with van der Waals surface area (Å²) in [5.41, 5.74) is 1.08. The van der Waals surface area contributed by atoms with Crippen molar-refractivity contribution in [1.29, 1.82) is 0 Å². The predicted octanol–water partition coefficient (Wildman–Crippen LogP) is 2.00. The summed E-state index contributed by atoms with van der Waals surface area (Å²) in [7, 11) is 2.79. The molecule has 0 radical (unpaired) electrons. The predicted molar refractivity (Wildman–Crippen MR) is 99.2 cm³/mol. The zero-order valence-electron chi connectivity index (χ0n) is 14.5. The number of nitrogens with one attached hydrogen (secondary N) is 2. The van der Waals surface area contributed by atoms with Crippen molar-refractivity contribution in [2.24, 2.45) is 0 Å². The van der Waals surface area contributed by atoms with Crippen LogP contribution in [0.5, 0.6) is 11.5 Å². The number of ether oxygens (including phenoxy) is 3. The van der Waals surface area contributed by atoms with Gasteiger partial charge in [-0.25, -0.2) is 4.79 Å². The lowest BCUT2D eigenvalue weighted by molar-refractivity contribution is -0.115. The number of hydrogen-bond donors (Lipinski definition) is 2. The first-order chi connectivity index (χ1) is 13.0. The van der Waals surface area contributed by atoms with Gasteiger partial charge in [0, 0.05) is 0 Å². The number of benzene rings is 1. The molecule has 9 heteroatoms. The van der Waals surface area contributed by atoms with Gasteiger partial charge in [-0.1, -0.05) is 6.07 Å². The lowest BCUT2D eigenvalue weighted by Crippen LogP contribution is -2.21. The van der Waals surface area contributed by atoms with E-state index in [4.69, 9.17) is 26.1 Å². The van der Waals surface area contributed by atoms with E-state index in [0.717, 1.165) is 5.56 Å². The van der Waals surface area contributed by atoms with Crippen molar-refractivity contribution >= 4 is 35.3 Å². The highest BCUT2D eigenvalue weighted by molar-refractivity contribution is 7.80. The Morgan fingerprint density at radius 2 is 2.00 bits per heavy atom. The van der Waals surface area contributed by atoms with Crippen LogP contribution in [0.1, 0.15) is 21.9 Å². The van der Waals surface area contributed by atoms with Crippen LogP contribution in [0.15, 0.2) is 40.4 Å². The molecule has 0 aliphatic carbocycles. The van der Waals surface area contributed by atoms with Gasteiger partial charge in [0.1, 0.15) is 18.1 Å². The number of hydrogen-bond acceptors (Lipinski definition) is 7. The maximum Gasteiger partial charge on any atom is 0.373 e. The van der Waals surface area contributed by atoms with Crippen molar-refractivity contribution in [1.82, 2.24) is 10.6 Å². The first-order valence-corrected chi connectivity index (χ1v) is 8.23. The third-order valence-electron chi connectivity index (χ3n) is 3.64. The van der Waals surface area contributed by atoms with Crippen LogP contribution in [0.25, 0.3) is 6.08 Å². The van der Waals surface area contributed by atoms with Crippen molar-refractivity contribution in [3.8, 4) is 11.5 Å². The number of amides is 1. The number of rotatable bonds is 6. The van der Waals surface area contributed by atoms with Crippen LogP contribution in [0.2, 0.25) is 0 Å². The Morgan fingerprint density at radius 3 is 2.67 bits per heavy atom. The van der Waals surface area contributed by atoms with Gasteiger partial charge in [0.05, 0.1) is 14.2 Å². The van der Waals surface area contributed by atoms with E-state index in [-0.39, 0.29) is 23.4 Å². The molecule has 0 saturated carbocycles. The molecule has 1 aliphatic rings. The summed E-state index contributed by atoms with van der Waals surface area (Å²) in [6.07, 6.45) is 1.65. The van der Waals surface area contributed by atoms with Gasteiger partial charge in [0.25, 0.3) is 5.91 Å². The van der Waals surface area contributed by atoms with Crippen LogP contribution in [0.3, 0.4) is 0 Å². The highest BCUT2D eigenvalue weighted by Crippen LogP contribution is 2.30. The number of furan rings is 1. The van der Waals surface area contributed by atoms with E-state index in [1.165, 1.54) is 20.3 Å². The molecule has 0 bridgehead atoms. The molecule has 2 aromatic rings. The van der Waals surface area contributed by atoms with Crippen LogP contribution in [0.4, 0.5) is 0 Å². The van der Waals surface area contributed by atoms with Crippen molar-refractivity contribution in [2.75, 3.05) is 14.2 Å². The van der Waals surface area contributed by atoms with Crippen LogP contribution >= 0.6 is 12.2 Å². The number of carbonyl (C=O) groups excluding carboxylic acids is 2. The molecule has 1 aliphatic heterocycles. The molecule has 27 heavy (non-hydrogen) atoms. The molecule has 1 fully saturated rings. The van der Waals surface area contributed by atoms with E-state index in [9.17, 15) is 9.59 Å². The Bertz CT molecular complexity index is 934. The summed E-state index contributed by atoms with van der Waals surface area (Å²) in [6.45, 7) is 0.103. The Hall–Kier alpha value is -3.33. The van der Waals surface area contributed by atoms with Crippen molar-refractivity contribution in [2.45, 2.75) is 6.61 Å². The van der Waals surface area contributed by atoms with Crippen LogP contribution < -0.4 is 20.1 Å². The molecule has 0 atom stereocenters. The molecular formula is C18H16N2O6S. The molecule has 2 N–H and O–H groups in total. The zero-order valence-corrected chi connectivity index (χ0v) is 15.3. The Morgan fingerprint density at radius 1 is 1.19 bits per heavy atom. The molecular weight excluding hydrogens is 372 g/mol. The van der Waals surface area contributed by atoms with Crippen molar-refractivity contribution in [3.05, 3.63) is 53.1 Å². The molecule has 0 unspecified atom stereocenters. The van der Waals surface area contributed by atoms with Gasteiger partial charge < -0.3 is 23.9 Å². The summed E-state index contributed by atoms with van der Waals surface area (Å²) in [6, 6.07) is 8.34. The van der Waals surface area contributed by atoms with E-state index in [1.54, 1.807) is 30.3 Å². The summed E-state index contributed by atoms with van der Waals surface area (Å²) in [4.78, 5) is 23.1. The smallest absolute Gasteiger partial charge is 0.373 e. The molecule has 1 amide bonds. The minimum absolute atomic E-state index is 0.102. The Kier molecular flexibility index (Phi) is 5.41. The van der Waals surface area contributed by atoms with Gasteiger partial charge in [-0.3, -0.25) is 10.1 Å². The van der Waals surface area contributed by atoms with E-state index in [2.05, 4.69) is 15.4 Å². The van der Waals surface area contributed by atoms with Gasteiger partial charge in [-0.05, 0) is 48.1 Å². The first-order valence-electron chi connectivity index (χ1n) is 7.82. The number of methoxy groups -OCH3 is 2. The molecule has 3 rings (SSSR count). The lowest BCUT2D eigenvalue weighted by Gasteiger charge is -2.10. The van der Waals surface area contributed by atoms with E-state index < -0.39 is 5.97 Å². The summed E-state index contributed by atoms with van der Waals surface area (Å²) in [5, 5.41) is 5.54. The summed E-state index contributed by atoms with van der Waals surface area (Å²) in [5.74, 6) is 0.674. The maximum absolute atomic E-state index is 11.7. The maximum atomic E-state index is 11.7. The lowest BCUT2D eigenvalue weighted by atomic mass is 10.1. The van der Waals surface area contributed by atoms with Gasteiger partial charge in [-0.2, -0.15) is 0 Å². The highest BCUT2D eigenvalue weighted by Gasteiger charge is 2.20. The average Bonchev–Trinajstić information content (AvgIpc) is 3.26. The fourth-order valence-corrected chi connectivity index (χ4v) is 2.56. The number of thiocarbonyl (C=S) groups is 1. The second-order valence-electron chi connectivity index (χ2n) is 5.42. The quantitative estimate of drug-likeness (QED) is 0.440. The normalized spacial score (nSPS) is 14.7. The minimum Gasteiger partial charge on any atom is -0.493 e. The average molecular weight is 388 g/mol.